The van der Waals surface area contributed by atoms with Gasteiger partial charge >= 0.3 is 0 Å². The highest BCUT2D eigenvalue weighted by Gasteiger charge is 2.15. The Labute approximate surface area is 90.9 Å². The molecule has 1 rings (SSSR count). The summed E-state index contributed by atoms with van der Waals surface area (Å²) in [7, 11) is 1.71. The smallest absolute Gasteiger partial charge is 0.120 e. The van der Waals surface area contributed by atoms with Crippen LogP contribution in [0.2, 0.25) is 0 Å². The van der Waals surface area contributed by atoms with Gasteiger partial charge < -0.3 is 4.74 Å². The van der Waals surface area contributed by atoms with Gasteiger partial charge in [0.25, 0.3) is 0 Å². The predicted molar refractivity (Wildman–Crippen MR) is 63.5 cm³/mol. The highest BCUT2D eigenvalue weighted by atomic mass is 32.2. The molecule has 1 aromatic rings. The van der Waals surface area contributed by atoms with Gasteiger partial charge in [0.2, 0.25) is 0 Å². The molecule has 14 heavy (non-hydrogen) atoms. The second-order valence-corrected chi connectivity index (χ2v) is 5.23. The normalized spacial score (nSPS) is 11.5. The summed E-state index contributed by atoms with van der Waals surface area (Å²) in [5, 5.41) is 0. The van der Waals surface area contributed by atoms with Crippen molar-refractivity contribution in [1.29, 1.82) is 0 Å². The van der Waals surface area contributed by atoms with E-state index in [0.717, 1.165) is 5.75 Å². The summed E-state index contributed by atoms with van der Waals surface area (Å²) >= 11 is 1.75. The standard InChI is InChI=1S/C12H18OS/c1-12(2,3)9-6-10(13-4)8-11(7-9)14-5/h6-8H,1-5H3. The summed E-state index contributed by atoms with van der Waals surface area (Å²) in [5.41, 5.74) is 1.50. The van der Waals surface area contributed by atoms with Crippen LogP contribution in [0.4, 0.5) is 0 Å². The summed E-state index contributed by atoms with van der Waals surface area (Å²) in [5.74, 6) is 0.946. The molecule has 0 heterocycles. The second-order valence-electron chi connectivity index (χ2n) is 4.35. The van der Waals surface area contributed by atoms with Crippen molar-refractivity contribution in [3.63, 3.8) is 0 Å². The van der Waals surface area contributed by atoms with Gasteiger partial charge in [-0.05, 0) is 35.4 Å². The molecule has 0 N–H and O–H groups in total. The Morgan fingerprint density at radius 2 is 1.79 bits per heavy atom. The SMILES string of the molecule is COc1cc(SC)cc(C(C)(C)C)c1. The van der Waals surface area contributed by atoms with Crippen LogP contribution in [0.5, 0.6) is 5.75 Å². The molecule has 0 aliphatic rings. The third kappa shape index (κ3) is 2.68. The van der Waals surface area contributed by atoms with Crippen LogP contribution in [0.3, 0.4) is 0 Å². The van der Waals surface area contributed by atoms with E-state index in [-0.39, 0.29) is 5.41 Å². The van der Waals surface area contributed by atoms with Crippen LogP contribution in [0, 0.1) is 0 Å². The van der Waals surface area contributed by atoms with E-state index in [1.54, 1.807) is 18.9 Å². The van der Waals surface area contributed by atoms with Crippen molar-refractivity contribution < 1.29 is 4.74 Å². The van der Waals surface area contributed by atoms with Gasteiger partial charge in [0.1, 0.15) is 5.75 Å². The molecule has 0 spiro atoms. The van der Waals surface area contributed by atoms with Crippen molar-refractivity contribution >= 4 is 11.8 Å². The number of benzene rings is 1. The van der Waals surface area contributed by atoms with Crippen LogP contribution in [-0.4, -0.2) is 13.4 Å². The quantitative estimate of drug-likeness (QED) is 0.688. The molecule has 0 radical (unpaired) electrons. The molecule has 0 unspecified atom stereocenters. The summed E-state index contributed by atoms with van der Waals surface area (Å²) < 4.78 is 5.28. The van der Waals surface area contributed by atoms with Crippen molar-refractivity contribution in [1.82, 2.24) is 0 Å². The van der Waals surface area contributed by atoms with E-state index in [2.05, 4.69) is 45.2 Å². The maximum Gasteiger partial charge on any atom is 0.120 e. The van der Waals surface area contributed by atoms with E-state index < -0.39 is 0 Å². The lowest BCUT2D eigenvalue weighted by molar-refractivity contribution is 0.411. The van der Waals surface area contributed by atoms with Gasteiger partial charge in [0.05, 0.1) is 7.11 Å². The van der Waals surface area contributed by atoms with Crippen LogP contribution in [-0.2, 0) is 5.41 Å². The average Bonchev–Trinajstić information content (AvgIpc) is 2.15. The first kappa shape index (κ1) is 11.4. The molecule has 0 amide bonds. The highest BCUT2D eigenvalue weighted by molar-refractivity contribution is 7.98. The molecule has 78 valence electrons. The van der Waals surface area contributed by atoms with Gasteiger partial charge in [0, 0.05) is 4.90 Å². The first-order valence-corrected chi connectivity index (χ1v) is 5.93. The third-order valence-electron chi connectivity index (χ3n) is 2.22. The maximum atomic E-state index is 5.28. The lowest BCUT2D eigenvalue weighted by Crippen LogP contribution is -2.11. The van der Waals surface area contributed by atoms with Gasteiger partial charge in [-0.15, -0.1) is 11.8 Å². The molecule has 0 saturated carbocycles. The van der Waals surface area contributed by atoms with Crippen LogP contribution in [0.25, 0.3) is 0 Å². The molecule has 1 nitrogen and oxygen atoms in total. The molecule has 0 aromatic heterocycles. The van der Waals surface area contributed by atoms with E-state index in [9.17, 15) is 0 Å². The minimum atomic E-state index is 0.180. The number of hydrogen-bond donors (Lipinski definition) is 0. The monoisotopic (exact) mass is 210 g/mol. The minimum absolute atomic E-state index is 0.180. The molecule has 1 aromatic carbocycles. The fraction of sp³-hybridized carbons (Fsp3) is 0.500. The second kappa shape index (κ2) is 4.26. The number of hydrogen-bond acceptors (Lipinski definition) is 2. The Kier molecular flexibility index (Phi) is 3.48. The van der Waals surface area contributed by atoms with E-state index >= 15 is 0 Å². The number of rotatable bonds is 2. The number of ether oxygens (including phenoxy) is 1. The Morgan fingerprint density at radius 1 is 1.14 bits per heavy atom. The topological polar surface area (TPSA) is 9.23 Å². The van der Waals surface area contributed by atoms with Crippen molar-refractivity contribution in [2.45, 2.75) is 31.1 Å². The van der Waals surface area contributed by atoms with E-state index in [1.165, 1.54) is 10.5 Å². The largest absolute Gasteiger partial charge is 0.497 e. The van der Waals surface area contributed by atoms with E-state index in [0.29, 0.717) is 0 Å². The van der Waals surface area contributed by atoms with Crippen LogP contribution < -0.4 is 4.74 Å². The van der Waals surface area contributed by atoms with E-state index in [1.807, 2.05) is 0 Å². The lowest BCUT2D eigenvalue weighted by atomic mass is 9.87. The zero-order valence-corrected chi connectivity index (χ0v) is 10.4. The molecular weight excluding hydrogens is 192 g/mol. The Morgan fingerprint density at radius 3 is 2.21 bits per heavy atom. The Hall–Kier alpha value is -0.630. The van der Waals surface area contributed by atoms with Gasteiger partial charge in [-0.1, -0.05) is 20.8 Å². The molecule has 0 atom stereocenters. The fourth-order valence-electron chi connectivity index (χ4n) is 1.24. The van der Waals surface area contributed by atoms with Crippen molar-refractivity contribution in [2.24, 2.45) is 0 Å². The maximum absolute atomic E-state index is 5.28. The molecule has 0 bridgehead atoms. The lowest BCUT2D eigenvalue weighted by Gasteiger charge is -2.20. The summed E-state index contributed by atoms with van der Waals surface area (Å²) in [6.07, 6.45) is 2.08. The first-order valence-electron chi connectivity index (χ1n) is 4.71. The van der Waals surface area contributed by atoms with Gasteiger partial charge in [-0.25, -0.2) is 0 Å². The number of thioether (sulfide) groups is 1. The van der Waals surface area contributed by atoms with Gasteiger partial charge in [-0.3, -0.25) is 0 Å². The zero-order chi connectivity index (χ0) is 10.8. The molecule has 2 heteroatoms. The summed E-state index contributed by atoms with van der Waals surface area (Å²) in [6, 6.07) is 6.41. The highest BCUT2D eigenvalue weighted by Crippen LogP contribution is 2.30. The molecular formula is C12H18OS. The fourth-order valence-corrected chi connectivity index (χ4v) is 1.72. The molecule has 0 fully saturated rings. The summed E-state index contributed by atoms with van der Waals surface area (Å²) in [4.78, 5) is 1.26. The first-order chi connectivity index (χ1) is 6.47. The van der Waals surface area contributed by atoms with Crippen LogP contribution >= 0.6 is 11.8 Å². The van der Waals surface area contributed by atoms with Gasteiger partial charge in [0.15, 0.2) is 0 Å². The summed E-state index contributed by atoms with van der Waals surface area (Å²) in [6.45, 7) is 6.64. The minimum Gasteiger partial charge on any atom is -0.497 e. The van der Waals surface area contributed by atoms with Crippen molar-refractivity contribution in [3.8, 4) is 5.75 Å². The molecule has 0 aliphatic heterocycles. The number of methoxy groups -OCH3 is 1. The predicted octanol–water partition coefficient (Wildman–Crippen LogP) is 3.71. The Bertz CT molecular complexity index is 290. The van der Waals surface area contributed by atoms with Crippen molar-refractivity contribution in [2.75, 3.05) is 13.4 Å². The van der Waals surface area contributed by atoms with Crippen LogP contribution in [0.15, 0.2) is 23.1 Å². The average molecular weight is 210 g/mol. The van der Waals surface area contributed by atoms with Crippen molar-refractivity contribution in [3.05, 3.63) is 23.8 Å². The zero-order valence-electron chi connectivity index (χ0n) is 9.55. The third-order valence-corrected chi connectivity index (χ3v) is 2.92. The van der Waals surface area contributed by atoms with Gasteiger partial charge in [-0.2, -0.15) is 0 Å². The molecule has 0 saturated heterocycles. The molecule has 0 aliphatic carbocycles. The Balaban J connectivity index is 3.17. The van der Waals surface area contributed by atoms with E-state index in [4.69, 9.17) is 4.74 Å². The van der Waals surface area contributed by atoms with Crippen LogP contribution in [0.1, 0.15) is 26.3 Å².